The van der Waals surface area contributed by atoms with Crippen molar-refractivity contribution in [2.24, 2.45) is 5.41 Å². The maximum Gasteiger partial charge on any atom is 0.263 e. The number of hydrogen-bond donors (Lipinski definition) is 1. The van der Waals surface area contributed by atoms with Crippen molar-refractivity contribution in [1.29, 1.82) is 0 Å². The summed E-state index contributed by atoms with van der Waals surface area (Å²) in [6, 6.07) is 13.3. The second-order valence-corrected chi connectivity index (χ2v) is 9.33. The third-order valence-electron chi connectivity index (χ3n) is 5.65. The Kier molecular flexibility index (Phi) is 5.06. The van der Waals surface area contributed by atoms with Crippen LogP contribution in [0.5, 0.6) is 0 Å². The van der Waals surface area contributed by atoms with E-state index in [4.69, 9.17) is 0 Å². The van der Waals surface area contributed by atoms with Gasteiger partial charge in [-0.25, -0.2) is 0 Å². The second-order valence-electron chi connectivity index (χ2n) is 9.33. The molecule has 3 amide bonds. The predicted octanol–water partition coefficient (Wildman–Crippen LogP) is 4.14. The molecular weight excluding hydrogens is 390 g/mol. The lowest BCUT2D eigenvalue weighted by Gasteiger charge is -2.30. The fourth-order valence-corrected chi connectivity index (χ4v) is 3.88. The largest absolute Gasteiger partial charge is 0.325 e. The van der Waals surface area contributed by atoms with Gasteiger partial charge in [0, 0.05) is 23.9 Å². The summed E-state index contributed by atoms with van der Waals surface area (Å²) in [5.41, 5.74) is 0.727. The molecule has 1 aliphatic rings. The highest BCUT2D eigenvalue weighted by Crippen LogP contribution is 2.39. The molecule has 0 radical (unpaired) electrons. The van der Waals surface area contributed by atoms with Gasteiger partial charge in [-0.15, -0.1) is 0 Å². The summed E-state index contributed by atoms with van der Waals surface area (Å²) < 4.78 is 0. The Morgan fingerprint density at radius 3 is 2.32 bits per heavy atom. The molecule has 0 saturated heterocycles. The van der Waals surface area contributed by atoms with Gasteiger partial charge in [-0.1, -0.05) is 51.1 Å². The van der Waals surface area contributed by atoms with Crippen LogP contribution in [0.4, 0.5) is 5.69 Å². The molecule has 6 nitrogen and oxygen atoms in total. The molecule has 0 aliphatic carbocycles. The van der Waals surface area contributed by atoms with E-state index in [0.29, 0.717) is 28.7 Å². The smallest absolute Gasteiger partial charge is 0.263 e. The van der Waals surface area contributed by atoms with Crippen molar-refractivity contribution in [2.45, 2.75) is 20.8 Å². The van der Waals surface area contributed by atoms with Crippen LogP contribution in [-0.4, -0.2) is 54.7 Å². The third kappa shape index (κ3) is 3.57. The zero-order valence-corrected chi connectivity index (χ0v) is 18.6. The molecule has 0 atom stereocenters. The monoisotopic (exact) mass is 417 g/mol. The average molecular weight is 418 g/mol. The molecule has 3 aromatic rings. The van der Waals surface area contributed by atoms with Crippen LogP contribution in [0.15, 0.2) is 42.5 Å². The number of nitrogens with one attached hydrogen (secondary N) is 1. The van der Waals surface area contributed by atoms with Crippen molar-refractivity contribution in [3.63, 3.8) is 0 Å². The van der Waals surface area contributed by atoms with E-state index < -0.39 is 5.41 Å². The molecule has 0 unspecified atom stereocenters. The molecule has 1 heterocycles. The zero-order chi connectivity index (χ0) is 22.5. The van der Waals surface area contributed by atoms with E-state index in [2.05, 4.69) is 5.32 Å². The molecule has 0 bridgehead atoms. The van der Waals surface area contributed by atoms with Crippen LogP contribution in [0, 0.1) is 5.41 Å². The van der Waals surface area contributed by atoms with E-state index in [1.165, 1.54) is 4.90 Å². The summed E-state index contributed by atoms with van der Waals surface area (Å²) in [5, 5.41) is 6.10. The summed E-state index contributed by atoms with van der Waals surface area (Å²) in [4.78, 5) is 43.0. The SMILES string of the molecule is CN(C)CCN1C(=O)c2c(NC(=O)C(C)(C)C)ccc3cc4ccccc4c(c23)C1=O. The van der Waals surface area contributed by atoms with E-state index in [0.717, 1.165) is 16.2 Å². The van der Waals surface area contributed by atoms with Crippen molar-refractivity contribution in [1.82, 2.24) is 9.80 Å². The Hall–Kier alpha value is -3.25. The Morgan fingerprint density at radius 2 is 1.65 bits per heavy atom. The number of nitrogens with zero attached hydrogens (tertiary/aromatic N) is 2. The van der Waals surface area contributed by atoms with Crippen molar-refractivity contribution in [3.8, 4) is 0 Å². The first-order chi connectivity index (χ1) is 14.6. The first-order valence-corrected chi connectivity index (χ1v) is 10.4. The van der Waals surface area contributed by atoms with E-state index in [-0.39, 0.29) is 24.3 Å². The molecule has 0 saturated carbocycles. The fourth-order valence-electron chi connectivity index (χ4n) is 3.88. The van der Waals surface area contributed by atoms with Crippen LogP contribution < -0.4 is 5.32 Å². The molecule has 4 rings (SSSR count). The molecule has 6 heteroatoms. The van der Waals surface area contributed by atoms with Crippen LogP contribution in [0.2, 0.25) is 0 Å². The minimum Gasteiger partial charge on any atom is -0.325 e. The highest BCUT2D eigenvalue weighted by molar-refractivity contribution is 6.32. The van der Waals surface area contributed by atoms with E-state index in [1.807, 2.05) is 76.2 Å². The minimum absolute atomic E-state index is 0.185. The zero-order valence-electron chi connectivity index (χ0n) is 18.6. The van der Waals surface area contributed by atoms with Crippen LogP contribution in [0.3, 0.4) is 0 Å². The average Bonchev–Trinajstić information content (AvgIpc) is 2.70. The summed E-state index contributed by atoms with van der Waals surface area (Å²) in [7, 11) is 3.80. The number of carbonyl (C=O) groups is 3. The van der Waals surface area contributed by atoms with Gasteiger partial charge in [0.2, 0.25) is 5.91 Å². The molecule has 3 aromatic carbocycles. The number of rotatable bonds is 4. The second kappa shape index (κ2) is 7.46. The van der Waals surface area contributed by atoms with Gasteiger partial charge in [0.15, 0.2) is 0 Å². The molecule has 160 valence electrons. The van der Waals surface area contributed by atoms with Crippen LogP contribution in [-0.2, 0) is 4.79 Å². The Balaban J connectivity index is 2.00. The molecule has 31 heavy (non-hydrogen) atoms. The Bertz CT molecular complexity index is 1240. The fraction of sp³-hybridized carbons (Fsp3) is 0.320. The van der Waals surface area contributed by atoms with Gasteiger partial charge in [0.1, 0.15) is 0 Å². The molecule has 0 fully saturated rings. The summed E-state index contributed by atoms with van der Waals surface area (Å²) in [6.45, 7) is 6.29. The van der Waals surface area contributed by atoms with Gasteiger partial charge in [0.25, 0.3) is 11.8 Å². The number of hydrogen-bond acceptors (Lipinski definition) is 4. The third-order valence-corrected chi connectivity index (χ3v) is 5.65. The van der Waals surface area contributed by atoms with Crippen molar-refractivity contribution >= 4 is 45.0 Å². The number of likely N-dealkylation sites (N-methyl/N-ethyl adjacent to an activating group) is 1. The number of carbonyl (C=O) groups excluding carboxylic acids is 3. The summed E-state index contributed by atoms with van der Waals surface area (Å²) in [5.74, 6) is -0.847. The first kappa shape index (κ1) is 21.0. The molecule has 1 aliphatic heterocycles. The predicted molar refractivity (Wildman–Crippen MR) is 123 cm³/mol. The Labute approximate surface area is 181 Å². The highest BCUT2D eigenvalue weighted by atomic mass is 16.2. The topological polar surface area (TPSA) is 69.7 Å². The van der Waals surface area contributed by atoms with Crippen molar-refractivity contribution in [3.05, 3.63) is 53.6 Å². The molecule has 0 spiro atoms. The van der Waals surface area contributed by atoms with E-state index >= 15 is 0 Å². The summed E-state index contributed by atoms with van der Waals surface area (Å²) >= 11 is 0. The van der Waals surface area contributed by atoms with Gasteiger partial charge in [-0.2, -0.15) is 0 Å². The van der Waals surface area contributed by atoms with Gasteiger partial charge in [-0.3, -0.25) is 19.3 Å². The van der Waals surface area contributed by atoms with Crippen LogP contribution in [0.1, 0.15) is 41.5 Å². The lowest BCUT2D eigenvalue weighted by atomic mass is 9.88. The van der Waals surface area contributed by atoms with Crippen LogP contribution in [0.25, 0.3) is 21.5 Å². The van der Waals surface area contributed by atoms with Crippen molar-refractivity contribution in [2.75, 3.05) is 32.5 Å². The van der Waals surface area contributed by atoms with E-state index in [1.54, 1.807) is 6.07 Å². The van der Waals surface area contributed by atoms with Crippen LogP contribution >= 0.6 is 0 Å². The lowest BCUT2D eigenvalue weighted by Crippen LogP contribution is -2.44. The number of benzene rings is 3. The quantitative estimate of drug-likeness (QED) is 0.512. The highest BCUT2D eigenvalue weighted by Gasteiger charge is 2.36. The van der Waals surface area contributed by atoms with Gasteiger partial charge >= 0.3 is 0 Å². The maximum atomic E-state index is 13.5. The maximum absolute atomic E-state index is 13.5. The first-order valence-electron chi connectivity index (χ1n) is 10.4. The standard InChI is InChI=1S/C25H27N3O3/c1-25(2,3)24(31)26-18-11-10-16-14-15-8-6-7-9-17(15)20-19(16)21(18)23(30)28(22(20)29)13-12-27(4)5/h6-11,14H,12-13H2,1-5H3,(H,26,31). The number of imide groups is 1. The minimum atomic E-state index is -0.619. The van der Waals surface area contributed by atoms with Gasteiger partial charge < -0.3 is 10.2 Å². The molecule has 0 aromatic heterocycles. The molecule has 1 N–H and O–H groups in total. The number of amides is 3. The summed E-state index contributed by atoms with van der Waals surface area (Å²) in [6.07, 6.45) is 0. The Morgan fingerprint density at radius 1 is 0.968 bits per heavy atom. The van der Waals surface area contributed by atoms with E-state index in [9.17, 15) is 14.4 Å². The van der Waals surface area contributed by atoms with Gasteiger partial charge in [-0.05, 0) is 42.4 Å². The normalized spacial score (nSPS) is 14.1. The number of anilines is 1. The van der Waals surface area contributed by atoms with Crippen molar-refractivity contribution < 1.29 is 14.4 Å². The van der Waals surface area contributed by atoms with Gasteiger partial charge in [0.05, 0.1) is 16.8 Å². The lowest BCUT2D eigenvalue weighted by molar-refractivity contribution is -0.123. The molecular formula is C25H27N3O3. The number of fused-ring (bicyclic) bond motifs is 2.